The molecular formula is C11H17N3O2. The molecule has 0 aliphatic heterocycles. The van der Waals surface area contributed by atoms with Gasteiger partial charge in [-0.2, -0.15) is 4.98 Å². The third kappa shape index (κ3) is 2.47. The molecule has 1 unspecified atom stereocenters. The number of hydrogen-bond donors (Lipinski definition) is 0. The molecule has 1 aromatic rings. The van der Waals surface area contributed by atoms with E-state index in [0.717, 1.165) is 19.3 Å². The number of Topliss-reactive ketones (excluding diaryl/α,β-unsaturated/α-hetero) is 1. The first-order valence-corrected chi connectivity index (χ1v) is 5.67. The van der Waals surface area contributed by atoms with E-state index in [9.17, 15) is 4.79 Å². The summed E-state index contributed by atoms with van der Waals surface area (Å²) in [5.41, 5.74) is 0. The number of hydrogen-bond acceptors (Lipinski definition) is 5. The van der Waals surface area contributed by atoms with Crippen LogP contribution in [0.1, 0.15) is 43.3 Å². The Morgan fingerprint density at radius 2 is 2.25 bits per heavy atom. The van der Waals surface area contributed by atoms with E-state index in [2.05, 4.69) is 10.1 Å². The summed E-state index contributed by atoms with van der Waals surface area (Å²) >= 11 is 0. The van der Waals surface area contributed by atoms with E-state index >= 15 is 0 Å². The number of ketones is 1. The minimum atomic E-state index is -0.155. The average Bonchev–Trinajstić information content (AvgIpc) is 2.66. The lowest BCUT2D eigenvalue weighted by molar-refractivity contribution is -0.122. The van der Waals surface area contributed by atoms with Crippen molar-refractivity contribution in [3.05, 3.63) is 11.7 Å². The van der Waals surface area contributed by atoms with Gasteiger partial charge in [0.2, 0.25) is 5.89 Å². The summed E-state index contributed by atoms with van der Waals surface area (Å²) in [6.45, 7) is 0.643. The second kappa shape index (κ2) is 4.74. The van der Waals surface area contributed by atoms with Crippen molar-refractivity contribution in [1.29, 1.82) is 0 Å². The van der Waals surface area contributed by atoms with Crippen molar-refractivity contribution in [3.8, 4) is 0 Å². The van der Waals surface area contributed by atoms with Gasteiger partial charge < -0.3 is 9.42 Å². The highest BCUT2D eigenvalue weighted by atomic mass is 16.5. The topological polar surface area (TPSA) is 59.2 Å². The highest BCUT2D eigenvalue weighted by molar-refractivity contribution is 5.85. The van der Waals surface area contributed by atoms with E-state index in [1.165, 1.54) is 0 Å². The van der Waals surface area contributed by atoms with Gasteiger partial charge in [0.25, 0.3) is 0 Å². The van der Waals surface area contributed by atoms with E-state index < -0.39 is 0 Å². The molecule has 5 heteroatoms. The third-order valence-electron chi connectivity index (χ3n) is 2.79. The molecule has 1 saturated carbocycles. The van der Waals surface area contributed by atoms with Gasteiger partial charge in [0.1, 0.15) is 5.78 Å². The van der Waals surface area contributed by atoms with Crippen LogP contribution in [0.25, 0.3) is 0 Å². The van der Waals surface area contributed by atoms with Crippen LogP contribution in [0, 0.1) is 0 Å². The fraction of sp³-hybridized carbons (Fsp3) is 0.727. The summed E-state index contributed by atoms with van der Waals surface area (Å²) in [6, 6.07) is 0. The fourth-order valence-electron chi connectivity index (χ4n) is 2.00. The van der Waals surface area contributed by atoms with Crippen molar-refractivity contribution in [2.45, 2.75) is 38.1 Å². The zero-order valence-electron chi connectivity index (χ0n) is 9.77. The largest absolute Gasteiger partial charge is 0.339 e. The predicted molar refractivity (Wildman–Crippen MR) is 57.9 cm³/mol. The van der Waals surface area contributed by atoms with Crippen molar-refractivity contribution in [2.75, 3.05) is 14.1 Å². The first kappa shape index (κ1) is 11.3. The summed E-state index contributed by atoms with van der Waals surface area (Å²) in [4.78, 5) is 17.9. The van der Waals surface area contributed by atoms with E-state index in [1.54, 1.807) is 0 Å². The van der Waals surface area contributed by atoms with Crippen LogP contribution in [0.2, 0.25) is 0 Å². The molecule has 1 aliphatic rings. The molecule has 0 N–H and O–H groups in total. The molecule has 1 aromatic heterocycles. The zero-order valence-corrected chi connectivity index (χ0v) is 9.77. The monoisotopic (exact) mass is 223 g/mol. The fourth-order valence-corrected chi connectivity index (χ4v) is 2.00. The Kier molecular flexibility index (Phi) is 3.33. The summed E-state index contributed by atoms with van der Waals surface area (Å²) in [5.74, 6) is 1.24. The van der Waals surface area contributed by atoms with Crippen LogP contribution in [-0.2, 0) is 11.3 Å². The van der Waals surface area contributed by atoms with Crippen LogP contribution < -0.4 is 0 Å². The van der Waals surface area contributed by atoms with Gasteiger partial charge in [0, 0.05) is 6.42 Å². The van der Waals surface area contributed by atoms with Crippen LogP contribution in [0.3, 0.4) is 0 Å². The van der Waals surface area contributed by atoms with E-state index in [0.29, 0.717) is 24.7 Å². The van der Waals surface area contributed by atoms with Crippen molar-refractivity contribution in [1.82, 2.24) is 15.0 Å². The first-order chi connectivity index (χ1) is 7.66. The minimum Gasteiger partial charge on any atom is -0.339 e. The second-order valence-electron chi connectivity index (χ2n) is 4.55. The minimum absolute atomic E-state index is 0.155. The molecule has 5 nitrogen and oxygen atoms in total. The Hall–Kier alpha value is -1.23. The van der Waals surface area contributed by atoms with E-state index in [-0.39, 0.29) is 11.7 Å². The van der Waals surface area contributed by atoms with Gasteiger partial charge in [-0.1, -0.05) is 11.6 Å². The molecule has 0 aromatic carbocycles. The van der Waals surface area contributed by atoms with Crippen LogP contribution in [0.5, 0.6) is 0 Å². The van der Waals surface area contributed by atoms with Crippen molar-refractivity contribution in [3.63, 3.8) is 0 Å². The highest BCUT2D eigenvalue weighted by Crippen LogP contribution is 2.28. The molecule has 0 bridgehead atoms. The predicted octanol–water partition coefficient (Wildman–Crippen LogP) is 1.36. The summed E-state index contributed by atoms with van der Waals surface area (Å²) in [7, 11) is 3.89. The molecule has 0 saturated heterocycles. The lowest BCUT2D eigenvalue weighted by atomic mass is 9.88. The molecule has 16 heavy (non-hydrogen) atoms. The Morgan fingerprint density at radius 1 is 1.44 bits per heavy atom. The maximum absolute atomic E-state index is 11.7. The first-order valence-electron chi connectivity index (χ1n) is 5.67. The SMILES string of the molecule is CN(C)Cc1noc(C2CCCCC2=O)n1. The van der Waals surface area contributed by atoms with E-state index in [4.69, 9.17) is 4.52 Å². The van der Waals surface area contributed by atoms with Crippen LogP contribution in [-0.4, -0.2) is 34.9 Å². The molecule has 1 aliphatic carbocycles. The van der Waals surface area contributed by atoms with Gasteiger partial charge in [-0.3, -0.25) is 4.79 Å². The highest BCUT2D eigenvalue weighted by Gasteiger charge is 2.28. The van der Waals surface area contributed by atoms with Crippen LogP contribution >= 0.6 is 0 Å². The molecule has 1 atom stereocenters. The van der Waals surface area contributed by atoms with Crippen molar-refractivity contribution >= 4 is 5.78 Å². The Bertz CT molecular complexity index is 373. The zero-order chi connectivity index (χ0) is 11.5. The summed E-state index contributed by atoms with van der Waals surface area (Å²) in [5, 5.41) is 3.89. The number of carbonyl (C=O) groups excluding carboxylic acids is 1. The smallest absolute Gasteiger partial charge is 0.237 e. The molecule has 0 amide bonds. The number of aromatic nitrogens is 2. The molecule has 0 spiro atoms. The Morgan fingerprint density at radius 3 is 2.94 bits per heavy atom. The molecule has 2 rings (SSSR count). The van der Waals surface area contributed by atoms with Crippen LogP contribution in [0.4, 0.5) is 0 Å². The van der Waals surface area contributed by atoms with Gasteiger partial charge in [0.15, 0.2) is 5.82 Å². The van der Waals surface area contributed by atoms with Gasteiger partial charge in [-0.25, -0.2) is 0 Å². The number of nitrogens with zero attached hydrogens (tertiary/aromatic N) is 3. The quantitative estimate of drug-likeness (QED) is 0.774. The van der Waals surface area contributed by atoms with Gasteiger partial charge in [-0.05, 0) is 26.9 Å². The lowest BCUT2D eigenvalue weighted by Gasteiger charge is -2.16. The molecule has 88 valence electrons. The van der Waals surface area contributed by atoms with Gasteiger partial charge >= 0.3 is 0 Å². The molecule has 1 fully saturated rings. The van der Waals surface area contributed by atoms with Crippen molar-refractivity contribution in [2.24, 2.45) is 0 Å². The second-order valence-corrected chi connectivity index (χ2v) is 4.55. The standard InChI is InChI=1S/C11H17N3O2/c1-14(2)7-10-12-11(16-13-10)8-5-3-4-6-9(8)15/h8H,3-7H2,1-2H3. The number of carbonyl (C=O) groups is 1. The maximum Gasteiger partial charge on any atom is 0.237 e. The molecule has 0 radical (unpaired) electrons. The molecular weight excluding hydrogens is 206 g/mol. The van der Waals surface area contributed by atoms with Crippen LogP contribution in [0.15, 0.2) is 4.52 Å². The molecule has 1 heterocycles. The lowest BCUT2D eigenvalue weighted by Crippen LogP contribution is -2.17. The third-order valence-corrected chi connectivity index (χ3v) is 2.79. The summed E-state index contributed by atoms with van der Waals surface area (Å²) in [6.07, 6.45) is 3.56. The number of rotatable bonds is 3. The average molecular weight is 223 g/mol. The van der Waals surface area contributed by atoms with E-state index in [1.807, 2.05) is 19.0 Å². The Balaban J connectivity index is 2.08. The van der Waals surface area contributed by atoms with Crippen molar-refractivity contribution < 1.29 is 9.32 Å². The Labute approximate surface area is 94.8 Å². The van der Waals surface area contributed by atoms with Gasteiger partial charge in [0.05, 0.1) is 12.5 Å². The van der Waals surface area contributed by atoms with Gasteiger partial charge in [-0.15, -0.1) is 0 Å². The summed E-state index contributed by atoms with van der Waals surface area (Å²) < 4.78 is 5.17. The normalized spacial score (nSPS) is 21.7. The maximum atomic E-state index is 11.7.